The molecule has 2 atom stereocenters. The lowest BCUT2D eigenvalue weighted by Gasteiger charge is -2.20. The number of aliphatic carboxylic acids is 2. The normalized spacial score (nSPS) is 12.7. The van der Waals surface area contributed by atoms with Crippen molar-refractivity contribution in [2.45, 2.75) is 26.1 Å². The first-order valence-electron chi connectivity index (χ1n) is 5.26. The first-order chi connectivity index (χ1) is 9.07. The molecular weight excluding hydrogens is 272 g/mol. The molecule has 2 N–H and O–H groups in total. The molecule has 0 fully saturated rings. The van der Waals surface area contributed by atoms with Crippen LogP contribution < -0.4 is 0 Å². The highest BCUT2D eigenvalue weighted by atomic mass is 16.6. The van der Waals surface area contributed by atoms with Crippen molar-refractivity contribution in [2.24, 2.45) is 0 Å². The number of carbonyl (C=O) groups excluding carboxylic acids is 2. The van der Waals surface area contributed by atoms with Gasteiger partial charge in [0.15, 0.2) is 0 Å². The van der Waals surface area contributed by atoms with E-state index in [9.17, 15) is 19.2 Å². The van der Waals surface area contributed by atoms with E-state index in [1.54, 1.807) is 0 Å². The smallest absolute Gasteiger partial charge is 0.349 e. The molecule has 8 heteroatoms. The van der Waals surface area contributed by atoms with Crippen molar-refractivity contribution >= 4 is 23.9 Å². The van der Waals surface area contributed by atoms with Gasteiger partial charge in [-0.1, -0.05) is 13.2 Å². The minimum Gasteiger partial charge on any atom is -0.478 e. The Labute approximate surface area is 114 Å². The maximum atomic E-state index is 11.3. The van der Waals surface area contributed by atoms with Gasteiger partial charge in [-0.05, 0) is 13.8 Å². The molecule has 0 aliphatic heterocycles. The summed E-state index contributed by atoms with van der Waals surface area (Å²) in [7, 11) is 0. The Morgan fingerprint density at radius 2 is 1.05 bits per heavy atom. The second-order valence-corrected chi connectivity index (χ2v) is 3.89. The van der Waals surface area contributed by atoms with Crippen LogP contribution in [0, 0.1) is 0 Å². The summed E-state index contributed by atoms with van der Waals surface area (Å²) in [6, 6.07) is 0. The monoisotopic (exact) mass is 286 g/mol. The Bertz CT molecular complexity index is 432. The quantitative estimate of drug-likeness (QED) is 0.499. The summed E-state index contributed by atoms with van der Waals surface area (Å²) >= 11 is 0. The number of carboxylic acid groups (broad SMARTS) is 2. The number of hydrogen-bond donors (Lipinski definition) is 2. The van der Waals surface area contributed by atoms with E-state index in [4.69, 9.17) is 10.2 Å². The number of carboxylic acids is 2. The van der Waals surface area contributed by atoms with Gasteiger partial charge in [0, 0.05) is 11.1 Å². The van der Waals surface area contributed by atoms with E-state index in [-0.39, 0.29) is 11.1 Å². The fourth-order valence-corrected chi connectivity index (χ4v) is 0.915. The third kappa shape index (κ3) is 4.92. The van der Waals surface area contributed by atoms with Crippen molar-refractivity contribution < 1.29 is 38.9 Å². The van der Waals surface area contributed by atoms with Crippen molar-refractivity contribution in [3.05, 3.63) is 24.3 Å². The van der Waals surface area contributed by atoms with Crippen molar-refractivity contribution in [2.75, 3.05) is 0 Å². The molecule has 0 radical (unpaired) electrons. The molecule has 0 spiro atoms. The highest BCUT2D eigenvalue weighted by Crippen LogP contribution is 2.10. The number of hydrogen-bond acceptors (Lipinski definition) is 6. The second kappa shape index (κ2) is 7.07. The fraction of sp³-hybridized carbons (Fsp3) is 0.333. The Morgan fingerprint density at radius 3 is 1.20 bits per heavy atom. The molecule has 8 nitrogen and oxygen atoms in total. The van der Waals surface area contributed by atoms with E-state index in [2.05, 4.69) is 22.6 Å². The van der Waals surface area contributed by atoms with Gasteiger partial charge < -0.3 is 19.7 Å². The third-order valence-corrected chi connectivity index (χ3v) is 1.93. The van der Waals surface area contributed by atoms with E-state index in [1.807, 2.05) is 0 Å². The van der Waals surface area contributed by atoms with E-state index >= 15 is 0 Å². The first kappa shape index (κ1) is 17.4. The van der Waals surface area contributed by atoms with Crippen LogP contribution in [0.5, 0.6) is 0 Å². The first-order valence-corrected chi connectivity index (χ1v) is 5.26. The standard InChI is InChI=1S/C12H14O8/c1-5(2)11(17)19-7(9(13)14)8(10(15)16)20-12(18)6(3)4/h7-8H,1,3H2,2,4H3,(H,13,14)(H,15,16). The molecule has 0 aliphatic carbocycles. The summed E-state index contributed by atoms with van der Waals surface area (Å²) in [5.74, 6) is -5.78. The predicted octanol–water partition coefficient (Wildman–Crippen LogP) is 0.131. The Hall–Kier alpha value is -2.64. The number of esters is 2. The Balaban J connectivity index is 5.26. The molecule has 0 amide bonds. The van der Waals surface area contributed by atoms with E-state index < -0.39 is 36.1 Å². The zero-order valence-corrected chi connectivity index (χ0v) is 10.9. The molecule has 20 heavy (non-hydrogen) atoms. The molecule has 2 unspecified atom stereocenters. The van der Waals surface area contributed by atoms with Gasteiger partial charge in [-0.15, -0.1) is 0 Å². The maximum Gasteiger partial charge on any atom is 0.349 e. The van der Waals surface area contributed by atoms with Crippen LogP contribution in [0.25, 0.3) is 0 Å². The number of rotatable bonds is 7. The van der Waals surface area contributed by atoms with E-state index in [1.165, 1.54) is 13.8 Å². The molecule has 0 bridgehead atoms. The van der Waals surface area contributed by atoms with Crippen LogP contribution >= 0.6 is 0 Å². The molecule has 0 aliphatic rings. The Morgan fingerprint density at radius 1 is 0.800 bits per heavy atom. The number of carbonyl (C=O) groups is 4. The van der Waals surface area contributed by atoms with Crippen molar-refractivity contribution in [1.82, 2.24) is 0 Å². The van der Waals surface area contributed by atoms with Gasteiger partial charge in [-0.25, -0.2) is 19.2 Å². The third-order valence-electron chi connectivity index (χ3n) is 1.93. The average Bonchev–Trinajstić information content (AvgIpc) is 2.31. The largest absolute Gasteiger partial charge is 0.478 e. The molecule has 0 saturated carbocycles. The minimum atomic E-state index is -2.19. The maximum absolute atomic E-state index is 11.3. The van der Waals surface area contributed by atoms with Gasteiger partial charge in [0.25, 0.3) is 0 Å². The minimum absolute atomic E-state index is 0.133. The number of ether oxygens (including phenoxy) is 2. The van der Waals surface area contributed by atoms with E-state index in [0.29, 0.717) is 0 Å². The molecule has 0 rings (SSSR count). The molecule has 0 aromatic rings. The summed E-state index contributed by atoms with van der Waals surface area (Å²) in [6.07, 6.45) is -4.39. The highest BCUT2D eigenvalue weighted by molar-refractivity contribution is 5.93. The summed E-state index contributed by atoms with van der Waals surface area (Å²) in [6.45, 7) is 8.94. The lowest BCUT2D eigenvalue weighted by molar-refractivity contribution is -0.184. The van der Waals surface area contributed by atoms with Gasteiger partial charge in [-0.3, -0.25) is 0 Å². The lowest BCUT2D eigenvalue weighted by Crippen LogP contribution is -2.46. The van der Waals surface area contributed by atoms with E-state index in [0.717, 1.165) is 0 Å². The molecule has 0 aromatic heterocycles. The molecule has 0 aromatic carbocycles. The van der Waals surface area contributed by atoms with Crippen LogP contribution in [0.3, 0.4) is 0 Å². The summed E-state index contributed by atoms with van der Waals surface area (Å²) in [4.78, 5) is 44.5. The molecule has 0 heterocycles. The summed E-state index contributed by atoms with van der Waals surface area (Å²) in [5.41, 5.74) is -0.266. The highest BCUT2D eigenvalue weighted by Gasteiger charge is 2.40. The van der Waals surface area contributed by atoms with Crippen LogP contribution in [0.4, 0.5) is 0 Å². The van der Waals surface area contributed by atoms with Crippen LogP contribution in [0.2, 0.25) is 0 Å². The average molecular weight is 286 g/mol. The van der Waals surface area contributed by atoms with Gasteiger partial charge in [0.05, 0.1) is 0 Å². The topological polar surface area (TPSA) is 127 Å². The van der Waals surface area contributed by atoms with Crippen LogP contribution in [0.1, 0.15) is 13.8 Å². The summed E-state index contributed by atoms with van der Waals surface area (Å²) in [5, 5.41) is 17.8. The van der Waals surface area contributed by atoms with Crippen molar-refractivity contribution in [3.63, 3.8) is 0 Å². The lowest BCUT2D eigenvalue weighted by atomic mass is 10.2. The van der Waals surface area contributed by atoms with Crippen LogP contribution in [-0.2, 0) is 28.7 Å². The van der Waals surface area contributed by atoms with Crippen LogP contribution in [-0.4, -0.2) is 46.3 Å². The van der Waals surface area contributed by atoms with Crippen molar-refractivity contribution in [3.8, 4) is 0 Å². The second-order valence-electron chi connectivity index (χ2n) is 3.89. The zero-order chi connectivity index (χ0) is 16.0. The van der Waals surface area contributed by atoms with Gasteiger partial charge in [0.1, 0.15) is 0 Å². The summed E-state index contributed by atoms with van der Waals surface area (Å²) < 4.78 is 8.90. The van der Waals surface area contributed by atoms with Crippen LogP contribution in [0.15, 0.2) is 24.3 Å². The van der Waals surface area contributed by atoms with Gasteiger partial charge in [-0.2, -0.15) is 0 Å². The molecule has 0 saturated heterocycles. The van der Waals surface area contributed by atoms with Gasteiger partial charge >= 0.3 is 23.9 Å². The van der Waals surface area contributed by atoms with Crippen molar-refractivity contribution in [1.29, 1.82) is 0 Å². The predicted molar refractivity (Wildman–Crippen MR) is 64.7 cm³/mol. The van der Waals surface area contributed by atoms with Gasteiger partial charge in [0.2, 0.25) is 12.2 Å². The molecule has 110 valence electrons. The zero-order valence-electron chi connectivity index (χ0n) is 10.9. The Kier molecular flexibility index (Phi) is 6.14. The molecular formula is C12H14O8. The SMILES string of the molecule is C=C(C)C(=O)OC(C(=O)O)C(OC(=O)C(=C)C)C(=O)O. The fourth-order valence-electron chi connectivity index (χ4n) is 0.915.